The van der Waals surface area contributed by atoms with E-state index in [4.69, 9.17) is 20.8 Å². The number of hydrogen-bond acceptors (Lipinski definition) is 5. The summed E-state index contributed by atoms with van der Waals surface area (Å²) >= 11 is 0. The van der Waals surface area contributed by atoms with E-state index in [1.165, 1.54) is 12.1 Å². The molecule has 1 aromatic carbocycles. The van der Waals surface area contributed by atoms with Crippen molar-refractivity contribution in [2.75, 3.05) is 32.8 Å². The first-order valence-electron chi connectivity index (χ1n) is 10.8. The molecule has 170 valence electrons. The largest absolute Gasteiger partial charge is 0.387 e. The molecule has 1 aliphatic heterocycles. The minimum absolute atomic E-state index is 0.281. The van der Waals surface area contributed by atoms with Gasteiger partial charge in [-0.25, -0.2) is 14.4 Å². The van der Waals surface area contributed by atoms with Gasteiger partial charge in [0.2, 0.25) is 5.91 Å². The van der Waals surface area contributed by atoms with Crippen molar-refractivity contribution in [1.29, 1.82) is 0 Å². The predicted molar refractivity (Wildman–Crippen MR) is 123 cm³/mol. The van der Waals surface area contributed by atoms with E-state index in [0.717, 1.165) is 23.1 Å². The van der Waals surface area contributed by atoms with Crippen LogP contribution in [0.5, 0.6) is 0 Å². The number of amides is 1. The minimum Gasteiger partial charge on any atom is -0.387 e. The number of halogens is 1. The molecule has 3 rings (SSSR count). The predicted octanol–water partition coefficient (Wildman–Crippen LogP) is 2.68. The molecule has 0 bridgehead atoms. The summed E-state index contributed by atoms with van der Waals surface area (Å²) in [6.07, 6.45) is 0.781. The number of nitrogens with zero attached hydrogens (tertiary/aromatic N) is 4. The summed E-state index contributed by atoms with van der Waals surface area (Å²) in [7, 11) is 0. The molecule has 2 aromatic rings. The maximum absolute atomic E-state index is 13.4. The molecular weight excluding hydrogens is 409 g/mol. The molecular formula is C24H30FN5O2. The highest BCUT2D eigenvalue weighted by Gasteiger charge is 2.25. The molecule has 1 aromatic heterocycles. The Morgan fingerprint density at radius 2 is 1.75 bits per heavy atom. The Kier molecular flexibility index (Phi) is 7.58. The highest BCUT2D eigenvalue weighted by atomic mass is 19.1. The number of amidine groups is 1. The summed E-state index contributed by atoms with van der Waals surface area (Å²) in [5.74, 6) is 0.515. The second kappa shape index (κ2) is 10.4. The molecule has 0 unspecified atom stereocenters. The smallest absolute Gasteiger partial charge is 0.248 e. The van der Waals surface area contributed by atoms with Crippen LogP contribution < -0.4 is 5.73 Å². The van der Waals surface area contributed by atoms with Gasteiger partial charge in [0.15, 0.2) is 5.84 Å². The van der Waals surface area contributed by atoms with Crippen LogP contribution in [0.25, 0.3) is 11.3 Å². The number of nitrogens with two attached hydrogens (primary N) is 1. The molecule has 1 saturated heterocycles. The summed E-state index contributed by atoms with van der Waals surface area (Å²) in [6, 6.07) is 10.1. The van der Waals surface area contributed by atoms with Gasteiger partial charge in [-0.1, -0.05) is 13.0 Å². The molecule has 7 nitrogen and oxygen atoms in total. The molecule has 0 aliphatic carbocycles. The number of rotatable bonds is 5. The minimum atomic E-state index is -0.493. The van der Waals surface area contributed by atoms with Gasteiger partial charge in [0.25, 0.3) is 0 Å². The van der Waals surface area contributed by atoms with Crippen LogP contribution >= 0.6 is 0 Å². The van der Waals surface area contributed by atoms with E-state index in [2.05, 4.69) is 4.90 Å². The molecule has 1 amide bonds. The van der Waals surface area contributed by atoms with Gasteiger partial charge in [0.05, 0.1) is 5.69 Å². The number of aliphatic hydroxyl groups is 1. The second-order valence-corrected chi connectivity index (χ2v) is 7.85. The van der Waals surface area contributed by atoms with Crippen molar-refractivity contribution in [3.8, 4) is 11.3 Å². The average molecular weight is 440 g/mol. The molecule has 1 aliphatic rings. The van der Waals surface area contributed by atoms with Crippen molar-refractivity contribution in [3.05, 3.63) is 64.9 Å². The number of hydrogen-bond donors (Lipinski definition) is 2. The summed E-state index contributed by atoms with van der Waals surface area (Å²) in [5, 5.41) is 9.15. The first-order chi connectivity index (χ1) is 15.3. The first-order valence-corrected chi connectivity index (χ1v) is 10.8. The number of carbonyl (C=O) groups is 1. The topological polar surface area (TPSA) is 95.0 Å². The third kappa shape index (κ3) is 5.31. The molecule has 0 radical (unpaired) electrons. The Morgan fingerprint density at radius 3 is 2.34 bits per heavy atom. The van der Waals surface area contributed by atoms with E-state index in [-0.39, 0.29) is 11.7 Å². The number of piperazine rings is 1. The van der Waals surface area contributed by atoms with Crippen molar-refractivity contribution in [1.82, 2.24) is 14.8 Å². The SMILES string of the molecule is CC/C(C)=C(N)/N=C(\c1nc(-c2ccc(F)cc2)ccc1C)N1CCN(C(=O)CO)CC1. The summed E-state index contributed by atoms with van der Waals surface area (Å²) in [6.45, 7) is 7.49. The van der Waals surface area contributed by atoms with Crippen LogP contribution in [-0.4, -0.2) is 64.4 Å². The van der Waals surface area contributed by atoms with Crippen LogP contribution in [0.15, 0.2) is 52.8 Å². The average Bonchev–Trinajstić information content (AvgIpc) is 2.82. The van der Waals surface area contributed by atoms with Gasteiger partial charge in [-0.2, -0.15) is 0 Å². The van der Waals surface area contributed by atoms with Crippen LogP contribution in [0.1, 0.15) is 31.5 Å². The zero-order chi connectivity index (χ0) is 23.3. The van der Waals surface area contributed by atoms with E-state index in [9.17, 15) is 9.18 Å². The van der Waals surface area contributed by atoms with Crippen molar-refractivity contribution < 1.29 is 14.3 Å². The number of aromatic nitrogens is 1. The van der Waals surface area contributed by atoms with Gasteiger partial charge in [-0.05, 0) is 61.7 Å². The van der Waals surface area contributed by atoms with Gasteiger partial charge in [0.1, 0.15) is 23.9 Å². The van der Waals surface area contributed by atoms with Gasteiger partial charge >= 0.3 is 0 Å². The third-order valence-corrected chi connectivity index (χ3v) is 5.71. The van der Waals surface area contributed by atoms with Crippen molar-refractivity contribution in [2.45, 2.75) is 27.2 Å². The van der Waals surface area contributed by atoms with Gasteiger partial charge in [-0.3, -0.25) is 4.79 Å². The summed E-state index contributed by atoms with van der Waals surface area (Å²) < 4.78 is 13.4. The Labute approximate surface area is 188 Å². The maximum atomic E-state index is 13.4. The highest BCUT2D eigenvalue weighted by molar-refractivity contribution is 5.99. The zero-order valence-electron chi connectivity index (χ0n) is 18.8. The van der Waals surface area contributed by atoms with Crippen molar-refractivity contribution in [2.24, 2.45) is 10.7 Å². The fourth-order valence-corrected chi connectivity index (χ4v) is 3.47. The standard InChI is InChI=1S/C24H30FN5O2/c1-4-16(2)23(26)28-24(30-13-11-29(12-14-30)21(32)15-31)22-17(3)5-10-20(27-22)18-6-8-19(25)9-7-18/h5-10,31H,4,11-15,26H2,1-3H3/b23-16+,28-24+. The number of pyridine rings is 1. The van der Waals surface area contributed by atoms with Crippen LogP contribution in [0.2, 0.25) is 0 Å². The molecule has 2 heterocycles. The van der Waals surface area contributed by atoms with E-state index in [0.29, 0.717) is 49.2 Å². The molecule has 0 atom stereocenters. The lowest BCUT2D eigenvalue weighted by Gasteiger charge is -2.36. The van der Waals surface area contributed by atoms with Crippen molar-refractivity contribution in [3.63, 3.8) is 0 Å². The fraction of sp³-hybridized carbons (Fsp3) is 0.375. The number of allylic oxidation sites excluding steroid dienone is 1. The molecule has 0 spiro atoms. The Balaban J connectivity index is 2.02. The Hall–Kier alpha value is -3.26. The van der Waals surface area contributed by atoms with E-state index < -0.39 is 6.61 Å². The summed E-state index contributed by atoms with van der Waals surface area (Å²) in [5.41, 5.74) is 10.4. The lowest BCUT2D eigenvalue weighted by atomic mass is 10.1. The molecule has 1 fully saturated rings. The lowest BCUT2D eigenvalue weighted by Crippen LogP contribution is -2.51. The first kappa shape index (κ1) is 23.4. The van der Waals surface area contributed by atoms with Gasteiger partial charge in [0, 0.05) is 31.7 Å². The highest BCUT2D eigenvalue weighted by Crippen LogP contribution is 2.22. The number of aliphatic imine (C=N–C) groups is 1. The van der Waals surface area contributed by atoms with Crippen LogP contribution in [0.4, 0.5) is 4.39 Å². The maximum Gasteiger partial charge on any atom is 0.248 e. The van der Waals surface area contributed by atoms with Crippen LogP contribution in [-0.2, 0) is 4.79 Å². The monoisotopic (exact) mass is 439 g/mol. The van der Waals surface area contributed by atoms with Crippen LogP contribution in [0, 0.1) is 12.7 Å². The zero-order valence-corrected chi connectivity index (χ0v) is 18.8. The Morgan fingerprint density at radius 1 is 1.12 bits per heavy atom. The summed E-state index contributed by atoms with van der Waals surface area (Å²) in [4.78, 5) is 25.2. The molecule has 8 heteroatoms. The van der Waals surface area contributed by atoms with Gasteiger partial charge < -0.3 is 20.6 Å². The second-order valence-electron chi connectivity index (χ2n) is 7.85. The van der Waals surface area contributed by atoms with Crippen LogP contribution in [0.3, 0.4) is 0 Å². The fourth-order valence-electron chi connectivity index (χ4n) is 3.47. The lowest BCUT2D eigenvalue weighted by molar-refractivity contribution is -0.135. The quantitative estimate of drug-likeness (QED) is 0.552. The molecule has 32 heavy (non-hydrogen) atoms. The number of benzene rings is 1. The van der Waals surface area contributed by atoms with E-state index >= 15 is 0 Å². The van der Waals surface area contributed by atoms with Gasteiger partial charge in [-0.15, -0.1) is 0 Å². The third-order valence-electron chi connectivity index (χ3n) is 5.71. The van der Waals surface area contributed by atoms with E-state index in [1.807, 2.05) is 32.9 Å². The normalized spacial score (nSPS) is 15.6. The molecule has 0 saturated carbocycles. The Bertz CT molecular complexity index is 1030. The van der Waals surface area contributed by atoms with Crippen molar-refractivity contribution >= 4 is 11.7 Å². The number of carbonyl (C=O) groups excluding carboxylic acids is 1. The van der Waals surface area contributed by atoms with E-state index in [1.54, 1.807) is 17.0 Å². The number of aliphatic hydroxyl groups excluding tert-OH is 1. The number of aryl methyl sites for hydroxylation is 1. The molecule has 3 N–H and O–H groups in total.